The lowest BCUT2D eigenvalue weighted by Gasteiger charge is -2.08. The van der Waals surface area contributed by atoms with E-state index in [1.165, 1.54) is 6.33 Å². The maximum Gasteiger partial charge on any atom is 0.338 e. The topological polar surface area (TPSA) is 116 Å². The Labute approximate surface area is 184 Å². The molecule has 10 heteroatoms. The van der Waals surface area contributed by atoms with Crippen LogP contribution in [0.15, 0.2) is 42.7 Å². The molecule has 0 bridgehead atoms. The van der Waals surface area contributed by atoms with Crippen LogP contribution in [-0.4, -0.2) is 48.1 Å². The molecule has 3 aromatic heterocycles. The first kappa shape index (κ1) is 21.2. The third-order valence-electron chi connectivity index (χ3n) is 5.07. The van der Waals surface area contributed by atoms with Gasteiger partial charge in [-0.3, -0.25) is 4.79 Å². The number of hydrogen-bond acceptors (Lipinski definition) is 7. The van der Waals surface area contributed by atoms with Crippen molar-refractivity contribution in [2.24, 2.45) is 0 Å². The third-order valence-corrected chi connectivity index (χ3v) is 5.07. The van der Waals surface area contributed by atoms with Crippen LogP contribution in [0.25, 0.3) is 11.5 Å². The average molecular weight is 433 g/mol. The van der Waals surface area contributed by atoms with Crippen LogP contribution in [0.2, 0.25) is 0 Å². The van der Waals surface area contributed by atoms with E-state index in [0.29, 0.717) is 35.7 Å². The number of amides is 1. The molecule has 1 amide bonds. The molecule has 0 aliphatic carbocycles. The number of fused-ring (bicyclic) bond motifs is 1. The molecule has 0 unspecified atom stereocenters. The van der Waals surface area contributed by atoms with E-state index in [-0.39, 0.29) is 12.3 Å². The standard InChI is InChI=1S/C22H23N7O3/c1-4-32-22(31)16-6-5-7-17(12-16)24-21(30)11-8-18-14(2)26-29(15(18)3)20-10-9-19-25-23-13-28(19)27-20/h5-7,9-10,12-13H,4,8,11H2,1-3H3,(H,24,30). The molecular formula is C22H23N7O3. The van der Waals surface area contributed by atoms with E-state index < -0.39 is 5.97 Å². The predicted octanol–water partition coefficient (Wildman–Crippen LogP) is 2.67. The highest BCUT2D eigenvalue weighted by Crippen LogP contribution is 2.19. The number of benzene rings is 1. The first-order chi connectivity index (χ1) is 15.5. The zero-order valence-corrected chi connectivity index (χ0v) is 18.1. The van der Waals surface area contributed by atoms with Gasteiger partial charge in [0.2, 0.25) is 5.91 Å². The minimum Gasteiger partial charge on any atom is -0.462 e. The van der Waals surface area contributed by atoms with E-state index >= 15 is 0 Å². The van der Waals surface area contributed by atoms with E-state index in [9.17, 15) is 9.59 Å². The van der Waals surface area contributed by atoms with Crippen LogP contribution in [0, 0.1) is 13.8 Å². The van der Waals surface area contributed by atoms with Gasteiger partial charge in [0.05, 0.1) is 17.9 Å². The molecule has 0 spiro atoms. The largest absolute Gasteiger partial charge is 0.462 e. The summed E-state index contributed by atoms with van der Waals surface area (Å²) in [5, 5.41) is 19.7. The Bertz CT molecular complexity index is 1290. The fourth-order valence-corrected chi connectivity index (χ4v) is 3.49. The van der Waals surface area contributed by atoms with Crippen LogP contribution >= 0.6 is 0 Å². The Kier molecular flexibility index (Phi) is 5.93. The van der Waals surface area contributed by atoms with E-state index in [0.717, 1.165) is 17.0 Å². The summed E-state index contributed by atoms with van der Waals surface area (Å²) in [4.78, 5) is 24.4. The molecule has 0 radical (unpaired) electrons. The van der Waals surface area contributed by atoms with Crippen molar-refractivity contribution >= 4 is 23.2 Å². The number of rotatable bonds is 7. The third kappa shape index (κ3) is 4.34. The number of nitrogens with one attached hydrogen (secondary N) is 1. The van der Waals surface area contributed by atoms with Crippen molar-refractivity contribution in [3.63, 3.8) is 0 Å². The Hall–Kier alpha value is -4.08. The summed E-state index contributed by atoms with van der Waals surface area (Å²) >= 11 is 0. The van der Waals surface area contributed by atoms with E-state index in [1.807, 2.05) is 26.0 Å². The number of carbonyl (C=O) groups excluding carboxylic acids is 2. The number of anilines is 1. The molecule has 32 heavy (non-hydrogen) atoms. The van der Waals surface area contributed by atoms with Crippen LogP contribution < -0.4 is 5.32 Å². The van der Waals surface area contributed by atoms with Crippen LogP contribution in [0.1, 0.15) is 40.7 Å². The lowest BCUT2D eigenvalue weighted by molar-refractivity contribution is -0.116. The van der Waals surface area contributed by atoms with Gasteiger partial charge in [-0.15, -0.1) is 15.3 Å². The number of carbonyl (C=O) groups is 2. The van der Waals surface area contributed by atoms with Gasteiger partial charge in [0.15, 0.2) is 11.5 Å². The Balaban J connectivity index is 1.44. The molecule has 0 saturated heterocycles. The lowest BCUT2D eigenvalue weighted by Crippen LogP contribution is -2.13. The van der Waals surface area contributed by atoms with Crippen LogP contribution in [0.3, 0.4) is 0 Å². The molecule has 0 atom stereocenters. The van der Waals surface area contributed by atoms with Gasteiger partial charge in [0.25, 0.3) is 0 Å². The summed E-state index contributed by atoms with van der Waals surface area (Å²) in [5.41, 5.74) is 4.35. The fourth-order valence-electron chi connectivity index (χ4n) is 3.49. The van der Waals surface area contributed by atoms with Gasteiger partial charge in [0, 0.05) is 17.8 Å². The molecule has 4 aromatic rings. The normalized spacial score (nSPS) is 11.0. The molecule has 3 heterocycles. The average Bonchev–Trinajstić information content (AvgIpc) is 3.36. The van der Waals surface area contributed by atoms with Crippen molar-refractivity contribution in [2.75, 3.05) is 11.9 Å². The minimum atomic E-state index is -0.416. The lowest BCUT2D eigenvalue weighted by atomic mass is 10.1. The number of nitrogens with zero attached hydrogens (tertiary/aromatic N) is 6. The summed E-state index contributed by atoms with van der Waals surface area (Å²) in [5.74, 6) is 0.0755. The maximum absolute atomic E-state index is 12.5. The summed E-state index contributed by atoms with van der Waals surface area (Å²) in [7, 11) is 0. The highest BCUT2D eigenvalue weighted by molar-refractivity contribution is 5.94. The molecule has 0 fully saturated rings. The van der Waals surface area contributed by atoms with Crippen molar-refractivity contribution in [3.8, 4) is 5.82 Å². The van der Waals surface area contributed by atoms with Crippen molar-refractivity contribution < 1.29 is 14.3 Å². The van der Waals surface area contributed by atoms with E-state index in [2.05, 4.69) is 25.7 Å². The molecule has 164 valence electrons. The SMILES string of the molecule is CCOC(=O)c1cccc(NC(=O)CCc2c(C)nn(-c3ccc4nncn4n3)c2C)c1. The number of ether oxygens (including phenoxy) is 1. The Morgan fingerprint density at radius 3 is 2.78 bits per heavy atom. The van der Waals surface area contributed by atoms with Gasteiger partial charge in [-0.1, -0.05) is 6.07 Å². The van der Waals surface area contributed by atoms with Gasteiger partial charge in [-0.25, -0.2) is 9.48 Å². The first-order valence-corrected chi connectivity index (χ1v) is 10.3. The maximum atomic E-state index is 12.5. The van der Waals surface area contributed by atoms with Crippen molar-refractivity contribution in [3.05, 3.63) is 65.2 Å². The van der Waals surface area contributed by atoms with Gasteiger partial charge < -0.3 is 10.1 Å². The molecule has 0 saturated carbocycles. The van der Waals surface area contributed by atoms with Crippen LogP contribution in [0.5, 0.6) is 0 Å². The molecule has 10 nitrogen and oxygen atoms in total. The second-order valence-corrected chi connectivity index (χ2v) is 7.24. The van der Waals surface area contributed by atoms with Crippen LogP contribution in [0.4, 0.5) is 5.69 Å². The number of esters is 1. The van der Waals surface area contributed by atoms with Gasteiger partial charge in [-0.2, -0.15) is 9.61 Å². The number of aromatic nitrogens is 6. The van der Waals surface area contributed by atoms with Crippen molar-refractivity contribution in [1.29, 1.82) is 0 Å². The Morgan fingerprint density at radius 1 is 1.12 bits per heavy atom. The summed E-state index contributed by atoms with van der Waals surface area (Å²) in [6.07, 6.45) is 2.33. The van der Waals surface area contributed by atoms with Crippen molar-refractivity contribution in [1.82, 2.24) is 29.6 Å². The predicted molar refractivity (Wildman–Crippen MR) is 117 cm³/mol. The first-order valence-electron chi connectivity index (χ1n) is 10.3. The second kappa shape index (κ2) is 8.96. The smallest absolute Gasteiger partial charge is 0.338 e. The zero-order chi connectivity index (χ0) is 22.7. The number of aryl methyl sites for hydroxylation is 1. The van der Waals surface area contributed by atoms with Gasteiger partial charge >= 0.3 is 5.97 Å². The molecule has 0 aliphatic heterocycles. The highest BCUT2D eigenvalue weighted by Gasteiger charge is 2.16. The van der Waals surface area contributed by atoms with E-state index in [1.54, 1.807) is 40.4 Å². The summed E-state index contributed by atoms with van der Waals surface area (Å²) in [6.45, 7) is 5.91. The van der Waals surface area contributed by atoms with E-state index in [4.69, 9.17) is 4.74 Å². The molecule has 1 N–H and O–H groups in total. The van der Waals surface area contributed by atoms with Gasteiger partial charge in [-0.05, 0) is 63.1 Å². The monoisotopic (exact) mass is 433 g/mol. The van der Waals surface area contributed by atoms with Gasteiger partial charge in [0.1, 0.15) is 6.33 Å². The van der Waals surface area contributed by atoms with Crippen LogP contribution in [-0.2, 0) is 16.0 Å². The molecular weight excluding hydrogens is 410 g/mol. The Morgan fingerprint density at radius 2 is 1.97 bits per heavy atom. The summed E-state index contributed by atoms with van der Waals surface area (Å²) in [6, 6.07) is 10.4. The minimum absolute atomic E-state index is 0.151. The number of hydrogen-bond donors (Lipinski definition) is 1. The highest BCUT2D eigenvalue weighted by atomic mass is 16.5. The zero-order valence-electron chi connectivity index (χ0n) is 18.1. The van der Waals surface area contributed by atoms with Crippen molar-refractivity contribution in [2.45, 2.75) is 33.6 Å². The second-order valence-electron chi connectivity index (χ2n) is 7.24. The summed E-state index contributed by atoms with van der Waals surface area (Å²) < 4.78 is 8.34. The molecule has 1 aromatic carbocycles. The molecule has 0 aliphatic rings. The quantitative estimate of drug-likeness (QED) is 0.445. The fraction of sp³-hybridized carbons (Fsp3) is 0.273. The molecule has 4 rings (SSSR count).